The van der Waals surface area contributed by atoms with Gasteiger partial charge >= 0.3 is 0 Å². The fourth-order valence-corrected chi connectivity index (χ4v) is 5.39. The molecule has 1 aliphatic rings. The molecule has 2 amide bonds. The minimum Gasteiger partial charge on any atom is -0.350 e. The second-order valence-corrected chi connectivity index (χ2v) is 9.82. The summed E-state index contributed by atoms with van der Waals surface area (Å²) < 4.78 is 27.4. The third kappa shape index (κ3) is 5.84. The van der Waals surface area contributed by atoms with E-state index in [0.717, 1.165) is 24.8 Å². The number of piperidine rings is 1. The molecular formula is C22H26ClN3O4S. The molecule has 1 unspecified atom stereocenters. The lowest BCUT2D eigenvalue weighted by Gasteiger charge is -2.26. The van der Waals surface area contributed by atoms with Crippen LogP contribution < -0.4 is 10.6 Å². The Labute approximate surface area is 187 Å². The summed E-state index contributed by atoms with van der Waals surface area (Å²) in [7, 11) is -3.79. The predicted octanol–water partition coefficient (Wildman–Crippen LogP) is 2.95. The Morgan fingerprint density at radius 1 is 1.06 bits per heavy atom. The van der Waals surface area contributed by atoms with E-state index in [4.69, 9.17) is 11.6 Å². The van der Waals surface area contributed by atoms with Gasteiger partial charge in [0.1, 0.15) is 10.9 Å². The van der Waals surface area contributed by atoms with Crippen LogP contribution >= 0.6 is 11.6 Å². The Bertz CT molecular complexity index is 1040. The van der Waals surface area contributed by atoms with Gasteiger partial charge in [0.05, 0.1) is 5.02 Å². The van der Waals surface area contributed by atoms with Gasteiger partial charge in [-0.1, -0.05) is 48.4 Å². The lowest BCUT2D eigenvalue weighted by atomic mass is 10.2. The molecule has 0 spiro atoms. The molecular weight excluding hydrogens is 438 g/mol. The molecule has 0 radical (unpaired) electrons. The number of nitrogens with zero attached hydrogens (tertiary/aromatic N) is 1. The van der Waals surface area contributed by atoms with Crippen molar-refractivity contribution >= 4 is 33.4 Å². The Balaban J connectivity index is 1.67. The van der Waals surface area contributed by atoms with Crippen molar-refractivity contribution < 1.29 is 18.0 Å². The number of benzene rings is 2. The fourth-order valence-electron chi connectivity index (χ4n) is 3.37. The summed E-state index contributed by atoms with van der Waals surface area (Å²) in [5.41, 5.74) is 1.07. The topological polar surface area (TPSA) is 95.6 Å². The van der Waals surface area contributed by atoms with Gasteiger partial charge in [-0.05, 0) is 43.5 Å². The third-order valence-corrected chi connectivity index (χ3v) is 7.56. The van der Waals surface area contributed by atoms with E-state index >= 15 is 0 Å². The molecule has 1 atom stereocenters. The summed E-state index contributed by atoms with van der Waals surface area (Å²) in [4.78, 5) is 24.9. The molecule has 31 heavy (non-hydrogen) atoms. The molecule has 1 fully saturated rings. The lowest BCUT2D eigenvalue weighted by molar-refractivity contribution is -0.122. The smallest absolute Gasteiger partial charge is 0.251 e. The average Bonchev–Trinajstić information content (AvgIpc) is 2.78. The van der Waals surface area contributed by atoms with E-state index in [1.807, 2.05) is 30.3 Å². The quantitative estimate of drug-likeness (QED) is 0.659. The van der Waals surface area contributed by atoms with Gasteiger partial charge in [-0.3, -0.25) is 9.59 Å². The molecule has 0 aromatic heterocycles. The summed E-state index contributed by atoms with van der Waals surface area (Å²) in [5, 5.41) is 5.44. The second kappa shape index (κ2) is 10.3. The summed E-state index contributed by atoms with van der Waals surface area (Å²) in [5.74, 6) is -0.888. The van der Waals surface area contributed by atoms with Crippen LogP contribution in [-0.2, 0) is 21.4 Å². The van der Waals surface area contributed by atoms with Crippen molar-refractivity contribution in [3.63, 3.8) is 0 Å². The maximum atomic E-state index is 13.0. The monoisotopic (exact) mass is 463 g/mol. The standard InChI is InChI=1S/C22H26ClN3O4S/c1-16(21(27)24-15-17-8-4-2-5-9-17)25-22(28)18-10-11-19(23)20(14-18)31(29,30)26-12-6-3-7-13-26/h2,4-5,8-11,14,16H,3,6-7,12-13,15H2,1H3,(H,24,27)(H,25,28). The first-order chi connectivity index (χ1) is 14.8. The number of hydrogen-bond acceptors (Lipinski definition) is 4. The van der Waals surface area contributed by atoms with Gasteiger partial charge in [0, 0.05) is 25.2 Å². The average molecular weight is 464 g/mol. The first-order valence-corrected chi connectivity index (χ1v) is 12.0. The number of amides is 2. The highest BCUT2D eigenvalue weighted by Crippen LogP contribution is 2.28. The van der Waals surface area contributed by atoms with Crippen LogP contribution in [0.1, 0.15) is 42.1 Å². The third-order valence-electron chi connectivity index (χ3n) is 5.18. The highest BCUT2D eigenvalue weighted by Gasteiger charge is 2.29. The zero-order chi connectivity index (χ0) is 22.4. The number of rotatable bonds is 7. The Morgan fingerprint density at radius 2 is 1.74 bits per heavy atom. The first-order valence-electron chi connectivity index (χ1n) is 10.2. The van der Waals surface area contributed by atoms with Crippen LogP contribution in [0.4, 0.5) is 0 Å². The zero-order valence-electron chi connectivity index (χ0n) is 17.3. The van der Waals surface area contributed by atoms with E-state index in [9.17, 15) is 18.0 Å². The number of hydrogen-bond donors (Lipinski definition) is 2. The van der Waals surface area contributed by atoms with Crippen LogP contribution in [0.3, 0.4) is 0 Å². The molecule has 2 N–H and O–H groups in total. The largest absolute Gasteiger partial charge is 0.350 e. The highest BCUT2D eigenvalue weighted by molar-refractivity contribution is 7.89. The van der Waals surface area contributed by atoms with Crippen LogP contribution in [0.5, 0.6) is 0 Å². The SMILES string of the molecule is CC(NC(=O)c1ccc(Cl)c(S(=O)(=O)N2CCCCC2)c1)C(=O)NCc1ccccc1. The molecule has 1 aliphatic heterocycles. The summed E-state index contributed by atoms with van der Waals surface area (Å²) in [6, 6.07) is 12.7. The van der Waals surface area contributed by atoms with Crippen molar-refractivity contribution in [2.45, 2.75) is 43.7 Å². The number of nitrogens with one attached hydrogen (secondary N) is 2. The van der Waals surface area contributed by atoms with E-state index in [-0.39, 0.29) is 21.4 Å². The van der Waals surface area contributed by atoms with Crippen molar-refractivity contribution in [2.24, 2.45) is 0 Å². The van der Waals surface area contributed by atoms with Gasteiger partial charge in [-0.15, -0.1) is 0 Å². The molecule has 3 rings (SSSR count). The number of halogens is 1. The molecule has 2 aromatic rings. The number of carbonyl (C=O) groups excluding carboxylic acids is 2. The van der Waals surface area contributed by atoms with Crippen molar-refractivity contribution in [1.82, 2.24) is 14.9 Å². The van der Waals surface area contributed by atoms with E-state index < -0.39 is 22.0 Å². The summed E-state index contributed by atoms with van der Waals surface area (Å²) in [6.45, 7) is 2.79. The fraction of sp³-hybridized carbons (Fsp3) is 0.364. The molecule has 1 saturated heterocycles. The normalized spacial score (nSPS) is 15.8. The highest BCUT2D eigenvalue weighted by atomic mass is 35.5. The van der Waals surface area contributed by atoms with Gasteiger partial charge in [0.25, 0.3) is 5.91 Å². The molecule has 0 aliphatic carbocycles. The van der Waals surface area contributed by atoms with Crippen molar-refractivity contribution in [1.29, 1.82) is 0 Å². The van der Waals surface area contributed by atoms with Crippen LogP contribution in [0.2, 0.25) is 5.02 Å². The van der Waals surface area contributed by atoms with Crippen molar-refractivity contribution in [3.8, 4) is 0 Å². The van der Waals surface area contributed by atoms with E-state index in [1.54, 1.807) is 6.92 Å². The van der Waals surface area contributed by atoms with Gasteiger partial charge < -0.3 is 10.6 Å². The minimum atomic E-state index is -3.79. The van der Waals surface area contributed by atoms with Gasteiger partial charge in [0.2, 0.25) is 15.9 Å². The summed E-state index contributed by atoms with van der Waals surface area (Å²) >= 11 is 6.16. The molecule has 7 nitrogen and oxygen atoms in total. The number of sulfonamides is 1. The zero-order valence-corrected chi connectivity index (χ0v) is 18.9. The Hall–Kier alpha value is -2.42. The van der Waals surface area contributed by atoms with Gasteiger partial charge in [-0.25, -0.2) is 8.42 Å². The molecule has 166 valence electrons. The number of carbonyl (C=O) groups is 2. The molecule has 1 heterocycles. The Morgan fingerprint density at radius 3 is 2.42 bits per heavy atom. The van der Waals surface area contributed by atoms with Gasteiger partial charge in [-0.2, -0.15) is 4.31 Å². The minimum absolute atomic E-state index is 0.0655. The van der Waals surface area contributed by atoms with Crippen LogP contribution in [0, 0.1) is 0 Å². The van der Waals surface area contributed by atoms with Crippen LogP contribution in [0.15, 0.2) is 53.4 Å². The molecule has 0 saturated carbocycles. The lowest BCUT2D eigenvalue weighted by Crippen LogP contribution is -2.44. The first kappa shape index (κ1) is 23.2. The maximum Gasteiger partial charge on any atom is 0.251 e. The van der Waals surface area contributed by atoms with E-state index in [2.05, 4.69) is 10.6 Å². The molecule has 0 bridgehead atoms. The second-order valence-electron chi connectivity index (χ2n) is 7.51. The van der Waals surface area contributed by atoms with Crippen molar-refractivity contribution in [3.05, 3.63) is 64.7 Å². The Kier molecular flexibility index (Phi) is 7.69. The predicted molar refractivity (Wildman–Crippen MR) is 119 cm³/mol. The van der Waals surface area contributed by atoms with Gasteiger partial charge in [0.15, 0.2) is 0 Å². The van der Waals surface area contributed by atoms with E-state index in [1.165, 1.54) is 22.5 Å². The molecule has 9 heteroatoms. The summed E-state index contributed by atoms with van der Waals surface area (Å²) in [6.07, 6.45) is 2.59. The maximum absolute atomic E-state index is 13.0. The van der Waals surface area contributed by atoms with Crippen molar-refractivity contribution in [2.75, 3.05) is 13.1 Å². The molecule has 2 aromatic carbocycles. The van der Waals surface area contributed by atoms with E-state index in [0.29, 0.717) is 19.6 Å². The van der Waals surface area contributed by atoms with Crippen LogP contribution in [-0.4, -0.2) is 43.7 Å². The van der Waals surface area contributed by atoms with Crippen LogP contribution in [0.25, 0.3) is 0 Å².